The van der Waals surface area contributed by atoms with E-state index in [4.69, 9.17) is 11.6 Å². The molecule has 1 rings (SSSR count). The predicted octanol–water partition coefficient (Wildman–Crippen LogP) is 2.34. The molecule has 7 heteroatoms. The van der Waals surface area contributed by atoms with Crippen LogP contribution in [0.2, 0.25) is 5.02 Å². The smallest absolute Gasteiger partial charge is 0.305 e. The van der Waals surface area contributed by atoms with Crippen LogP contribution in [0.4, 0.5) is 5.69 Å². The van der Waals surface area contributed by atoms with Crippen LogP contribution in [-0.4, -0.2) is 27.2 Å². The Labute approximate surface area is 118 Å². The molecule has 0 aliphatic heterocycles. The fourth-order valence-electron chi connectivity index (χ4n) is 1.45. The Morgan fingerprint density at radius 3 is 2.74 bits per heavy atom. The van der Waals surface area contributed by atoms with Gasteiger partial charge in [-0.05, 0) is 31.0 Å². The van der Waals surface area contributed by atoms with E-state index in [0.29, 0.717) is 16.3 Å². The lowest BCUT2D eigenvalue weighted by molar-refractivity contribution is -0.140. The minimum Gasteiger partial charge on any atom is -0.469 e. The lowest BCUT2D eigenvalue weighted by Crippen LogP contribution is -2.18. The van der Waals surface area contributed by atoms with Crippen LogP contribution in [0.3, 0.4) is 0 Å². The van der Waals surface area contributed by atoms with Gasteiger partial charge < -0.3 is 4.74 Å². The van der Waals surface area contributed by atoms with Crippen molar-refractivity contribution in [3.05, 3.63) is 28.8 Å². The molecule has 1 N–H and O–H groups in total. The Morgan fingerprint density at radius 2 is 2.11 bits per heavy atom. The number of ether oxygens (including phenoxy) is 1. The van der Waals surface area contributed by atoms with E-state index in [1.54, 1.807) is 25.1 Å². The summed E-state index contributed by atoms with van der Waals surface area (Å²) < 4.78 is 30.6. The zero-order chi connectivity index (χ0) is 14.5. The summed E-state index contributed by atoms with van der Waals surface area (Å²) in [5, 5.41) is 0.495. The minimum atomic E-state index is -3.49. The largest absolute Gasteiger partial charge is 0.469 e. The van der Waals surface area contributed by atoms with Gasteiger partial charge in [0.05, 0.1) is 18.6 Å². The summed E-state index contributed by atoms with van der Waals surface area (Å²) in [5.74, 6) is -0.567. The van der Waals surface area contributed by atoms with E-state index in [9.17, 15) is 13.2 Å². The number of halogens is 1. The van der Waals surface area contributed by atoms with Crippen molar-refractivity contribution in [2.75, 3.05) is 17.6 Å². The predicted molar refractivity (Wildman–Crippen MR) is 74.8 cm³/mol. The van der Waals surface area contributed by atoms with Crippen molar-refractivity contribution in [3.8, 4) is 0 Å². The number of hydrogen-bond acceptors (Lipinski definition) is 4. The van der Waals surface area contributed by atoms with Crippen molar-refractivity contribution in [1.29, 1.82) is 0 Å². The fraction of sp³-hybridized carbons (Fsp3) is 0.417. The maximum Gasteiger partial charge on any atom is 0.305 e. The molecule has 0 amide bonds. The first-order chi connectivity index (χ1) is 8.85. The zero-order valence-electron chi connectivity index (χ0n) is 10.8. The van der Waals surface area contributed by atoms with Crippen LogP contribution in [0, 0.1) is 6.92 Å². The first-order valence-corrected chi connectivity index (χ1v) is 7.71. The Kier molecular flexibility index (Phi) is 5.62. The van der Waals surface area contributed by atoms with Gasteiger partial charge in [-0.2, -0.15) is 0 Å². The number of esters is 1. The standard InChI is InChI=1S/C12H16ClNO4S/c1-9-10(13)5-3-6-11(9)14-19(16,17)8-4-7-12(15)18-2/h3,5-6,14H,4,7-8H2,1-2H3. The molecule has 0 bridgehead atoms. The molecule has 106 valence electrons. The van der Waals surface area contributed by atoms with E-state index in [-0.39, 0.29) is 18.6 Å². The van der Waals surface area contributed by atoms with E-state index >= 15 is 0 Å². The second-order valence-electron chi connectivity index (χ2n) is 4.01. The van der Waals surface area contributed by atoms with E-state index < -0.39 is 16.0 Å². The lowest BCUT2D eigenvalue weighted by Gasteiger charge is -2.11. The maximum absolute atomic E-state index is 11.8. The van der Waals surface area contributed by atoms with E-state index in [1.807, 2.05) is 0 Å². The molecule has 0 aromatic heterocycles. The first kappa shape index (κ1) is 15.8. The average Bonchev–Trinajstić information content (AvgIpc) is 2.34. The van der Waals surface area contributed by atoms with E-state index in [1.165, 1.54) is 7.11 Å². The molecule has 0 radical (unpaired) electrons. The van der Waals surface area contributed by atoms with Gasteiger partial charge >= 0.3 is 5.97 Å². The van der Waals surface area contributed by atoms with Crippen molar-refractivity contribution in [2.45, 2.75) is 19.8 Å². The summed E-state index contributed by atoms with van der Waals surface area (Å²) >= 11 is 5.91. The summed E-state index contributed by atoms with van der Waals surface area (Å²) in [7, 11) is -2.23. The van der Waals surface area contributed by atoms with Crippen LogP contribution in [0.15, 0.2) is 18.2 Å². The molecule has 0 saturated carbocycles. The summed E-state index contributed by atoms with van der Waals surface area (Å²) in [4.78, 5) is 10.9. The van der Waals surface area contributed by atoms with Crippen LogP contribution in [0.5, 0.6) is 0 Å². The highest BCUT2D eigenvalue weighted by molar-refractivity contribution is 7.92. The lowest BCUT2D eigenvalue weighted by atomic mass is 10.2. The highest BCUT2D eigenvalue weighted by Crippen LogP contribution is 2.23. The zero-order valence-corrected chi connectivity index (χ0v) is 12.3. The van der Waals surface area contributed by atoms with Gasteiger partial charge in [0.2, 0.25) is 10.0 Å². The Hall–Kier alpha value is -1.27. The van der Waals surface area contributed by atoms with Gasteiger partial charge in [-0.1, -0.05) is 17.7 Å². The summed E-state index contributed by atoms with van der Waals surface area (Å²) in [6, 6.07) is 4.99. The van der Waals surface area contributed by atoms with E-state index in [0.717, 1.165) is 0 Å². The number of hydrogen-bond donors (Lipinski definition) is 1. The second-order valence-corrected chi connectivity index (χ2v) is 6.26. The second kappa shape index (κ2) is 6.77. The molecule has 1 aromatic carbocycles. The van der Waals surface area contributed by atoms with Crippen LogP contribution in [0.1, 0.15) is 18.4 Å². The Morgan fingerprint density at radius 1 is 1.42 bits per heavy atom. The number of carbonyl (C=O) groups is 1. The highest BCUT2D eigenvalue weighted by atomic mass is 35.5. The number of sulfonamides is 1. The molecule has 0 fully saturated rings. The van der Waals surface area contributed by atoms with Crippen LogP contribution in [-0.2, 0) is 19.6 Å². The third-order valence-corrected chi connectivity index (χ3v) is 4.32. The van der Waals surface area contributed by atoms with Gasteiger partial charge in [0.1, 0.15) is 0 Å². The number of carbonyl (C=O) groups excluding carboxylic acids is 1. The van der Waals surface area contributed by atoms with Gasteiger partial charge in [0, 0.05) is 11.4 Å². The molecule has 1 aromatic rings. The van der Waals surface area contributed by atoms with Gasteiger partial charge in [-0.15, -0.1) is 0 Å². The normalized spacial score (nSPS) is 11.1. The average molecular weight is 306 g/mol. The number of nitrogens with one attached hydrogen (secondary N) is 1. The number of benzene rings is 1. The van der Waals surface area contributed by atoms with Gasteiger partial charge in [-0.3, -0.25) is 9.52 Å². The van der Waals surface area contributed by atoms with Crippen molar-refractivity contribution >= 4 is 33.3 Å². The number of anilines is 1. The number of methoxy groups -OCH3 is 1. The van der Waals surface area contributed by atoms with Crippen LogP contribution >= 0.6 is 11.6 Å². The highest BCUT2D eigenvalue weighted by Gasteiger charge is 2.13. The van der Waals surface area contributed by atoms with Crippen LogP contribution < -0.4 is 4.72 Å². The summed E-state index contributed by atoms with van der Waals surface area (Å²) in [6.45, 7) is 1.73. The Balaban J connectivity index is 2.64. The molecule has 0 aliphatic carbocycles. The van der Waals surface area contributed by atoms with Crippen molar-refractivity contribution in [2.24, 2.45) is 0 Å². The molecule has 0 spiro atoms. The fourth-order valence-corrected chi connectivity index (χ4v) is 2.80. The van der Waals surface area contributed by atoms with Crippen LogP contribution in [0.25, 0.3) is 0 Å². The molecule has 19 heavy (non-hydrogen) atoms. The van der Waals surface area contributed by atoms with E-state index in [2.05, 4.69) is 9.46 Å². The van der Waals surface area contributed by atoms with Crippen molar-refractivity contribution in [3.63, 3.8) is 0 Å². The molecular weight excluding hydrogens is 290 g/mol. The van der Waals surface area contributed by atoms with Gasteiger partial charge in [0.15, 0.2) is 0 Å². The number of rotatable bonds is 6. The third-order valence-electron chi connectivity index (χ3n) is 2.55. The molecule has 0 atom stereocenters. The summed E-state index contributed by atoms with van der Waals surface area (Å²) in [5.41, 5.74) is 1.12. The third kappa shape index (κ3) is 5.08. The SMILES string of the molecule is COC(=O)CCCS(=O)(=O)Nc1cccc(Cl)c1C. The van der Waals surface area contributed by atoms with Crippen molar-refractivity contribution < 1.29 is 17.9 Å². The molecular formula is C12H16ClNO4S. The molecule has 0 saturated heterocycles. The Bertz CT molecular complexity index is 557. The quantitative estimate of drug-likeness (QED) is 0.819. The molecule has 5 nitrogen and oxygen atoms in total. The van der Waals surface area contributed by atoms with Crippen molar-refractivity contribution in [1.82, 2.24) is 0 Å². The molecule has 0 aliphatic rings. The monoisotopic (exact) mass is 305 g/mol. The van der Waals surface area contributed by atoms with Gasteiger partial charge in [0.25, 0.3) is 0 Å². The van der Waals surface area contributed by atoms with Gasteiger partial charge in [-0.25, -0.2) is 8.42 Å². The minimum absolute atomic E-state index is 0.0753. The summed E-state index contributed by atoms with van der Waals surface area (Å²) in [6.07, 6.45) is 0.285. The first-order valence-electron chi connectivity index (χ1n) is 5.68. The molecule has 0 unspecified atom stereocenters. The molecule has 0 heterocycles. The maximum atomic E-state index is 11.8. The topological polar surface area (TPSA) is 72.5 Å².